The summed E-state index contributed by atoms with van der Waals surface area (Å²) in [5.41, 5.74) is 2.97. The second-order valence-electron chi connectivity index (χ2n) is 12.3. The second kappa shape index (κ2) is 11.7. The Kier molecular flexibility index (Phi) is 8.08. The van der Waals surface area contributed by atoms with Gasteiger partial charge in [-0.25, -0.2) is 23.4 Å². The lowest BCUT2D eigenvalue weighted by molar-refractivity contribution is 0.00352. The van der Waals surface area contributed by atoms with E-state index in [4.69, 9.17) is 26.3 Å². The van der Waals surface area contributed by atoms with Crippen molar-refractivity contribution in [2.24, 2.45) is 5.92 Å². The van der Waals surface area contributed by atoms with Gasteiger partial charge in [0.05, 0.1) is 23.5 Å². The van der Waals surface area contributed by atoms with Crippen molar-refractivity contribution in [3.8, 4) is 11.4 Å². The van der Waals surface area contributed by atoms with Crippen LogP contribution in [-0.4, -0.2) is 70.5 Å². The summed E-state index contributed by atoms with van der Waals surface area (Å²) in [5.74, 6) is 2.39. The zero-order chi connectivity index (χ0) is 30.5. The van der Waals surface area contributed by atoms with E-state index in [9.17, 15) is 8.42 Å². The smallest absolute Gasteiger partial charge is 0.166 e. The molecule has 0 bridgehead atoms. The molecule has 1 aromatic carbocycles. The van der Waals surface area contributed by atoms with Gasteiger partial charge in [-0.3, -0.25) is 4.68 Å². The maximum Gasteiger partial charge on any atom is 0.166 e. The van der Waals surface area contributed by atoms with Crippen molar-refractivity contribution in [3.63, 3.8) is 0 Å². The molecule has 3 aromatic heterocycles. The minimum atomic E-state index is -3.02. The summed E-state index contributed by atoms with van der Waals surface area (Å²) in [6.07, 6.45) is 8.78. The standard InChI is InChI=1S/C31H38ClN7O3S/c1-18(2)23-6-7-27(38-15-21(20(38)4)17-43(5,40)41)25-14-34-29(13-24(23)25)35-28-8-10-33-31(36-28)26-16-39(37-30(26)32)22-9-11-42-19(3)12-22/h6-8,10,13-14,16,18-22H,9,11-12,15,17H2,1-5H3,(H,33,34,35,36)/t19?,20-,21-,22?/m1/s1. The molecule has 10 nitrogen and oxygen atoms in total. The minimum Gasteiger partial charge on any atom is -0.378 e. The number of hydrogen-bond acceptors (Lipinski definition) is 9. The molecule has 4 atom stereocenters. The van der Waals surface area contributed by atoms with Crippen LogP contribution in [0.25, 0.3) is 22.2 Å². The minimum absolute atomic E-state index is 0.122. The number of nitrogens with zero attached hydrogens (tertiary/aromatic N) is 6. The average Bonchev–Trinajstić information content (AvgIpc) is 3.35. The molecule has 5 heterocycles. The van der Waals surface area contributed by atoms with Crippen LogP contribution < -0.4 is 10.2 Å². The van der Waals surface area contributed by atoms with Gasteiger partial charge in [0.25, 0.3) is 0 Å². The third-order valence-corrected chi connectivity index (χ3v) is 9.95. The summed E-state index contributed by atoms with van der Waals surface area (Å²) in [6.45, 7) is 9.94. The lowest BCUT2D eigenvalue weighted by Gasteiger charge is -2.48. The number of hydrogen-bond donors (Lipinski definition) is 1. The molecule has 2 aliphatic rings. The van der Waals surface area contributed by atoms with Crippen LogP contribution in [0, 0.1) is 5.92 Å². The molecular formula is C31H38ClN7O3S. The summed E-state index contributed by atoms with van der Waals surface area (Å²) in [7, 11) is -3.02. The summed E-state index contributed by atoms with van der Waals surface area (Å²) >= 11 is 6.56. The molecule has 6 rings (SSSR count). The van der Waals surface area contributed by atoms with Gasteiger partial charge in [0.2, 0.25) is 0 Å². The molecule has 1 N–H and O–H groups in total. The van der Waals surface area contributed by atoms with Crippen LogP contribution in [0.5, 0.6) is 0 Å². The summed E-state index contributed by atoms with van der Waals surface area (Å²) in [5, 5.41) is 10.4. The Balaban J connectivity index is 1.27. The number of ether oxygens (including phenoxy) is 1. The number of benzene rings is 1. The van der Waals surface area contributed by atoms with Gasteiger partial charge in [-0.1, -0.05) is 31.5 Å². The highest BCUT2D eigenvalue weighted by Gasteiger charge is 2.38. The molecule has 0 aliphatic carbocycles. The summed E-state index contributed by atoms with van der Waals surface area (Å²) in [4.78, 5) is 16.2. The van der Waals surface area contributed by atoms with Gasteiger partial charge in [0.15, 0.2) is 11.0 Å². The van der Waals surface area contributed by atoms with Crippen molar-refractivity contribution in [2.45, 2.75) is 64.6 Å². The number of halogens is 1. The number of nitrogens with one attached hydrogen (secondary N) is 1. The van der Waals surface area contributed by atoms with E-state index in [1.54, 1.807) is 12.3 Å². The Morgan fingerprint density at radius 1 is 1.14 bits per heavy atom. The van der Waals surface area contributed by atoms with Crippen LogP contribution >= 0.6 is 11.6 Å². The first kappa shape index (κ1) is 29.8. The van der Waals surface area contributed by atoms with E-state index in [2.05, 4.69) is 66.2 Å². The topological polar surface area (TPSA) is 115 Å². The van der Waals surface area contributed by atoms with Crippen molar-refractivity contribution in [1.29, 1.82) is 0 Å². The number of sulfone groups is 1. The van der Waals surface area contributed by atoms with Crippen LogP contribution in [0.2, 0.25) is 5.15 Å². The van der Waals surface area contributed by atoms with E-state index in [0.29, 0.717) is 47.2 Å². The molecule has 0 radical (unpaired) electrons. The molecule has 0 amide bonds. The molecule has 2 saturated heterocycles. The van der Waals surface area contributed by atoms with Gasteiger partial charge in [0.1, 0.15) is 21.5 Å². The van der Waals surface area contributed by atoms with Gasteiger partial charge in [-0.2, -0.15) is 5.10 Å². The Morgan fingerprint density at radius 3 is 2.67 bits per heavy atom. The number of rotatable bonds is 8. The maximum atomic E-state index is 11.9. The molecule has 2 unspecified atom stereocenters. The molecular weight excluding hydrogens is 586 g/mol. The largest absolute Gasteiger partial charge is 0.378 e. The van der Waals surface area contributed by atoms with Crippen LogP contribution in [0.15, 0.2) is 42.9 Å². The lowest BCUT2D eigenvalue weighted by Crippen LogP contribution is -2.57. The first-order chi connectivity index (χ1) is 20.5. The fourth-order valence-electron chi connectivity index (χ4n) is 6.27. The third-order valence-electron chi connectivity index (χ3n) is 8.64. The van der Waals surface area contributed by atoms with E-state index >= 15 is 0 Å². The van der Waals surface area contributed by atoms with Crippen molar-refractivity contribution in [3.05, 3.63) is 53.6 Å². The highest BCUT2D eigenvalue weighted by atomic mass is 35.5. The zero-order valence-electron chi connectivity index (χ0n) is 25.2. The molecule has 0 spiro atoms. The summed E-state index contributed by atoms with van der Waals surface area (Å²) in [6, 6.07) is 8.53. The van der Waals surface area contributed by atoms with Crippen molar-refractivity contribution < 1.29 is 13.2 Å². The maximum absolute atomic E-state index is 11.9. The van der Waals surface area contributed by atoms with Gasteiger partial charge in [-0.15, -0.1) is 0 Å². The number of fused-ring (bicyclic) bond motifs is 1. The molecule has 4 aromatic rings. The third kappa shape index (κ3) is 6.21. The van der Waals surface area contributed by atoms with Crippen LogP contribution in [0.4, 0.5) is 17.3 Å². The molecule has 43 heavy (non-hydrogen) atoms. The fraction of sp³-hybridized carbons (Fsp3) is 0.484. The normalized spacial score (nSPS) is 22.6. The van der Waals surface area contributed by atoms with Crippen molar-refractivity contribution in [1.82, 2.24) is 24.7 Å². The van der Waals surface area contributed by atoms with E-state index in [0.717, 1.165) is 29.3 Å². The quantitative estimate of drug-likeness (QED) is 0.252. The number of pyridine rings is 1. The molecule has 2 aliphatic heterocycles. The van der Waals surface area contributed by atoms with E-state index in [-0.39, 0.29) is 29.9 Å². The number of aromatic nitrogens is 5. The van der Waals surface area contributed by atoms with Gasteiger partial charge >= 0.3 is 0 Å². The Bertz CT molecular complexity index is 1760. The number of anilines is 3. The van der Waals surface area contributed by atoms with Crippen molar-refractivity contribution in [2.75, 3.05) is 35.4 Å². The van der Waals surface area contributed by atoms with Gasteiger partial charge in [-0.05, 0) is 61.8 Å². The van der Waals surface area contributed by atoms with Crippen LogP contribution in [0.3, 0.4) is 0 Å². The predicted molar refractivity (Wildman–Crippen MR) is 171 cm³/mol. The van der Waals surface area contributed by atoms with Crippen LogP contribution in [-0.2, 0) is 14.6 Å². The fourth-order valence-corrected chi connectivity index (χ4v) is 7.65. The van der Waals surface area contributed by atoms with Crippen LogP contribution in [0.1, 0.15) is 58.1 Å². The Morgan fingerprint density at radius 2 is 1.95 bits per heavy atom. The predicted octanol–water partition coefficient (Wildman–Crippen LogP) is 6.02. The first-order valence-corrected chi connectivity index (χ1v) is 17.2. The Hall–Kier alpha value is -3.28. The Labute approximate surface area is 257 Å². The van der Waals surface area contributed by atoms with E-state index in [1.165, 1.54) is 11.8 Å². The molecule has 228 valence electrons. The first-order valence-electron chi connectivity index (χ1n) is 14.8. The highest BCUT2D eigenvalue weighted by Crippen LogP contribution is 2.40. The summed E-state index contributed by atoms with van der Waals surface area (Å²) < 4.78 is 31.4. The molecule has 2 fully saturated rings. The van der Waals surface area contributed by atoms with Gasteiger partial charge < -0.3 is 15.0 Å². The highest BCUT2D eigenvalue weighted by molar-refractivity contribution is 7.90. The molecule has 12 heteroatoms. The lowest BCUT2D eigenvalue weighted by atomic mass is 9.88. The van der Waals surface area contributed by atoms with E-state index in [1.807, 2.05) is 17.1 Å². The monoisotopic (exact) mass is 623 g/mol. The zero-order valence-corrected chi connectivity index (χ0v) is 26.7. The second-order valence-corrected chi connectivity index (χ2v) is 14.8. The average molecular weight is 624 g/mol. The SMILES string of the molecule is CC1CC(n2cc(-c3nccc(Nc4cc5c(C(C)C)ccc(N6C[C@H](CS(C)(=O)=O)[C@H]6C)c5cn4)n3)c(Cl)n2)CCO1. The van der Waals surface area contributed by atoms with Gasteiger partial charge in [0, 0.05) is 61.0 Å². The molecule has 0 saturated carbocycles. The van der Waals surface area contributed by atoms with E-state index < -0.39 is 9.84 Å². The van der Waals surface area contributed by atoms with Crippen molar-refractivity contribution >= 4 is 49.5 Å².